The van der Waals surface area contributed by atoms with E-state index in [9.17, 15) is 14.7 Å². The maximum atomic E-state index is 12.3. The van der Waals surface area contributed by atoms with E-state index in [0.29, 0.717) is 8.95 Å². The number of aromatic amines is 1. The molecule has 0 radical (unpaired) electrons. The van der Waals surface area contributed by atoms with Crippen LogP contribution < -0.4 is 10.6 Å². The molecular weight excluding hydrogens is 432 g/mol. The number of anilines is 1. The molecule has 2 amide bonds. The highest BCUT2D eigenvalue weighted by atomic mass is 79.9. The highest BCUT2D eigenvalue weighted by Crippen LogP contribution is 2.31. The number of carbonyl (C=O) groups excluding carboxylic acids is 2. The maximum Gasteiger partial charge on any atom is 0.276 e. The third-order valence-corrected chi connectivity index (χ3v) is 3.90. The molecule has 2 aromatic rings. The number of benzene rings is 1. The first-order chi connectivity index (χ1) is 10.8. The highest BCUT2D eigenvalue weighted by molar-refractivity contribution is 9.11. The van der Waals surface area contributed by atoms with E-state index in [4.69, 9.17) is 0 Å². The van der Waals surface area contributed by atoms with E-state index in [-0.39, 0.29) is 16.9 Å². The van der Waals surface area contributed by atoms with Crippen LogP contribution in [0.4, 0.5) is 5.69 Å². The lowest BCUT2D eigenvalue weighted by molar-refractivity contribution is 0.0819. The van der Waals surface area contributed by atoms with Gasteiger partial charge in [0.25, 0.3) is 11.8 Å². The van der Waals surface area contributed by atoms with Crippen molar-refractivity contribution in [3.63, 3.8) is 0 Å². The molecule has 4 N–H and O–H groups in total. The zero-order valence-electron chi connectivity index (χ0n) is 12.3. The molecule has 122 valence electrons. The predicted octanol–water partition coefficient (Wildman–Crippen LogP) is 2.56. The average molecular weight is 446 g/mol. The smallest absolute Gasteiger partial charge is 0.276 e. The molecule has 7 nitrogen and oxygen atoms in total. The van der Waals surface area contributed by atoms with E-state index in [1.54, 1.807) is 25.1 Å². The maximum absolute atomic E-state index is 12.3. The number of hydrogen-bond donors (Lipinski definition) is 4. The van der Waals surface area contributed by atoms with Crippen molar-refractivity contribution in [3.05, 3.63) is 44.1 Å². The molecule has 0 saturated heterocycles. The van der Waals surface area contributed by atoms with Crippen molar-refractivity contribution in [2.45, 2.75) is 20.1 Å². The molecule has 0 aliphatic carbocycles. The Morgan fingerprint density at radius 3 is 2.52 bits per heavy atom. The van der Waals surface area contributed by atoms with E-state index < -0.39 is 18.0 Å². The van der Waals surface area contributed by atoms with Gasteiger partial charge in [-0.2, -0.15) is 5.10 Å². The summed E-state index contributed by atoms with van der Waals surface area (Å²) in [6.07, 6.45) is -1.02. The first-order valence-corrected chi connectivity index (χ1v) is 8.18. The van der Waals surface area contributed by atoms with Crippen LogP contribution in [0.2, 0.25) is 0 Å². The Kier molecular flexibility index (Phi) is 5.55. The van der Waals surface area contributed by atoms with Gasteiger partial charge in [0.2, 0.25) is 0 Å². The minimum Gasteiger partial charge on any atom is -0.374 e. The fourth-order valence-corrected chi connectivity index (χ4v) is 3.18. The summed E-state index contributed by atoms with van der Waals surface area (Å²) in [5, 5.41) is 20.9. The molecule has 0 saturated carbocycles. The van der Waals surface area contributed by atoms with Crippen LogP contribution >= 0.6 is 31.9 Å². The van der Waals surface area contributed by atoms with Gasteiger partial charge in [-0.15, -0.1) is 0 Å². The minimum atomic E-state index is -1.02. The molecular formula is C14H14Br2N4O3. The second kappa shape index (κ2) is 7.24. The highest BCUT2D eigenvalue weighted by Gasteiger charge is 2.20. The Morgan fingerprint density at radius 1 is 1.26 bits per heavy atom. The molecule has 1 heterocycles. The summed E-state index contributed by atoms with van der Waals surface area (Å²) in [5.41, 5.74) is 1.45. The molecule has 0 aliphatic rings. The number of halogens is 2. The number of aliphatic hydroxyl groups is 1. The van der Waals surface area contributed by atoms with Crippen molar-refractivity contribution in [2.75, 3.05) is 5.32 Å². The second-order valence-corrected chi connectivity index (χ2v) is 6.62. The number of nitrogens with one attached hydrogen (secondary N) is 3. The molecule has 1 atom stereocenters. The summed E-state index contributed by atoms with van der Waals surface area (Å²) >= 11 is 6.62. The van der Waals surface area contributed by atoms with Gasteiger partial charge in [-0.1, -0.05) is 15.9 Å². The lowest BCUT2D eigenvalue weighted by Crippen LogP contribution is -2.33. The van der Waals surface area contributed by atoms with Gasteiger partial charge in [0.05, 0.1) is 11.3 Å². The zero-order valence-corrected chi connectivity index (χ0v) is 15.4. The zero-order chi connectivity index (χ0) is 17.1. The number of aryl methyl sites for hydroxylation is 1. The van der Waals surface area contributed by atoms with Gasteiger partial charge < -0.3 is 15.7 Å². The van der Waals surface area contributed by atoms with E-state index in [2.05, 4.69) is 52.7 Å². The largest absolute Gasteiger partial charge is 0.374 e. The molecule has 1 unspecified atom stereocenters. The van der Waals surface area contributed by atoms with Gasteiger partial charge in [0, 0.05) is 14.6 Å². The molecule has 0 aliphatic heterocycles. The molecule has 9 heteroatoms. The van der Waals surface area contributed by atoms with Gasteiger partial charge in [-0.25, -0.2) is 0 Å². The van der Waals surface area contributed by atoms with Crippen LogP contribution in [-0.2, 0) is 0 Å². The normalized spacial score (nSPS) is 11.9. The lowest BCUT2D eigenvalue weighted by Gasteiger charge is -2.14. The number of aromatic nitrogens is 2. The molecule has 0 spiro atoms. The second-order valence-electron chi connectivity index (χ2n) is 4.85. The molecule has 2 rings (SSSR count). The summed E-state index contributed by atoms with van der Waals surface area (Å²) in [6.45, 7) is 3.20. The van der Waals surface area contributed by atoms with Crippen LogP contribution in [0.3, 0.4) is 0 Å². The van der Waals surface area contributed by atoms with Crippen molar-refractivity contribution in [1.82, 2.24) is 15.5 Å². The van der Waals surface area contributed by atoms with E-state index >= 15 is 0 Å². The Labute approximate surface area is 149 Å². The van der Waals surface area contributed by atoms with Gasteiger partial charge >= 0.3 is 0 Å². The van der Waals surface area contributed by atoms with Crippen LogP contribution in [-0.4, -0.2) is 33.3 Å². The number of carbonyl (C=O) groups is 2. The van der Waals surface area contributed by atoms with E-state index in [1.165, 1.54) is 6.92 Å². The molecule has 23 heavy (non-hydrogen) atoms. The van der Waals surface area contributed by atoms with Gasteiger partial charge in [-0.05, 0) is 48.0 Å². The topological polar surface area (TPSA) is 107 Å². The minimum absolute atomic E-state index is 0.202. The van der Waals surface area contributed by atoms with Gasteiger partial charge in [-0.3, -0.25) is 14.7 Å². The van der Waals surface area contributed by atoms with E-state index in [1.807, 2.05) is 0 Å². The van der Waals surface area contributed by atoms with Crippen LogP contribution in [0.15, 0.2) is 27.1 Å². The summed E-state index contributed by atoms with van der Waals surface area (Å²) < 4.78 is 1.16. The summed E-state index contributed by atoms with van der Waals surface area (Å²) in [7, 11) is 0. The monoisotopic (exact) mass is 444 g/mol. The number of H-pyrrole nitrogens is 1. The van der Waals surface area contributed by atoms with Gasteiger partial charge in [0.1, 0.15) is 6.23 Å². The Morgan fingerprint density at radius 2 is 1.96 bits per heavy atom. The lowest BCUT2D eigenvalue weighted by atomic mass is 10.1. The molecule has 1 aromatic carbocycles. The fourth-order valence-electron chi connectivity index (χ4n) is 1.86. The van der Waals surface area contributed by atoms with Crippen molar-refractivity contribution < 1.29 is 14.7 Å². The van der Waals surface area contributed by atoms with Crippen LogP contribution in [0.1, 0.15) is 33.5 Å². The van der Waals surface area contributed by atoms with E-state index in [0.717, 1.165) is 5.69 Å². The number of hydrogen-bond acceptors (Lipinski definition) is 4. The first-order valence-electron chi connectivity index (χ1n) is 6.59. The van der Waals surface area contributed by atoms with Crippen molar-refractivity contribution in [1.29, 1.82) is 0 Å². The molecule has 1 aromatic heterocycles. The number of amides is 2. The fraction of sp³-hybridized carbons (Fsp3) is 0.214. The number of rotatable bonds is 4. The van der Waals surface area contributed by atoms with Crippen molar-refractivity contribution in [3.8, 4) is 0 Å². The predicted molar refractivity (Wildman–Crippen MR) is 92.3 cm³/mol. The third kappa shape index (κ3) is 4.40. The Bertz CT molecular complexity index is 758. The van der Waals surface area contributed by atoms with Crippen LogP contribution in [0, 0.1) is 6.92 Å². The average Bonchev–Trinajstić information content (AvgIpc) is 2.87. The summed E-state index contributed by atoms with van der Waals surface area (Å²) in [6, 6.07) is 4.84. The quantitative estimate of drug-likeness (QED) is 0.542. The van der Waals surface area contributed by atoms with Crippen molar-refractivity contribution >= 4 is 49.4 Å². The first kappa shape index (κ1) is 17.6. The standard InChI is InChI=1S/C14H14Br2N4O3/c1-6-3-11(20-19-6)14(23)18-12-9(13(22)17-7(2)21)4-8(15)5-10(12)16/h3-5,7,21H,1-2H3,(H,17,22)(H,18,23)(H,19,20). The SMILES string of the molecule is Cc1cc(C(=O)Nc2c(Br)cc(Br)cc2C(=O)NC(C)O)n[nH]1. The van der Waals surface area contributed by atoms with Crippen LogP contribution in [0.5, 0.6) is 0 Å². The van der Waals surface area contributed by atoms with Crippen LogP contribution in [0.25, 0.3) is 0 Å². The van der Waals surface area contributed by atoms with Gasteiger partial charge in [0.15, 0.2) is 5.69 Å². The molecule has 0 bridgehead atoms. The van der Waals surface area contributed by atoms with Crippen molar-refractivity contribution in [2.24, 2.45) is 0 Å². The summed E-state index contributed by atoms with van der Waals surface area (Å²) in [4.78, 5) is 24.5. The third-order valence-electron chi connectivity index (χ3n) is 2.82. The Hall–Kier alpha value is -1.71. The number of nitrogens with zero attached hydrogens (tertiary/aromatic N) is 1. The summed E-state index contributed by atoms with van der Waals surface area (Å²) in [5.74, 6) is -0.973. The molecule has 0 fully saturated rings. The Balaban J connectivity index is 2.36. The number of aliphatic hydroxyl groups excluding tert-OH is 1.